The first-order valence-electron chi connectivity index (χ1n) is 8.29. The van der Waals surface area contributed by atoms with Crippen LogP contribution in [0.4, 0.5) is 0 Å². The molecule has 1 N–H and O–H groups in total. The molecule has 1 saturated heterocycles. The quantitative estimate of drug-likeness (QED) is 0.813. The molecule has 6 nitrogen and oxygen atoms in total. The zero-order valence-electron chi connectivity index (χ0n) is 14.0. The molecule has 8 heteroatoms. The molecular weight excluding hydrogens is 364 g/mol. The summed E-state index contributed by atoms with van der Waals surface area (Å²) in [6, 6.07) is 6.48. The highest BCUT2D eigenvalue weighted by Crippen LogP contribution is 2.37. The fraction of sp³-hybridized carbons (Fsp3) is 0.529. The number of likely N-dealkylation sites (tertiary alicyclic amines) is 1. The molecule has 0 bridgehead atoms. The number of carbonyl (C=O) groups excluding carboxylic acids is 2. The van der Waals surface area contributed by atoms with Gasteiger partial charge in [0.15, 0.2) is 0 Å². The van der Waals surface area contributed by atoms with Gasteiger partial charge in [0.2, 0.25) is 15.9 Å². The minimum Gasteiger partial charge on any atom is -0.328 e. The Labute approximate surface area is 152 Å². The molecular formula is C17H21ClN2O4S. The number of carbonyl (C=O) groups is 2. The molecule has 1 heterocycles. The van der Waals surface area contributed by atoms with Crippen molar-refractivity contribution in [2.24, 2.45) is 5.92 Å². The summed E-state index contributed by atoms with van der Waals surface area (Å²) in [5.74, 6) is -0.638. The van der Waals surface area contributed by atoms with Crippen LogP contribution in [0, 0.1) is 5.92 Å². The van der Waals surface area contributed by atoms with Crippen molar-refractivity contribution in [3.05, 3.63) is 34.9 Å². The maximum absolute atomic E-state index is 12.5. The van der Waals surface area contributed by atoms with Gasteiger partial charge in [-0.2, -0.15) is 0 Å². The highest BCUT2D eigenvalue weighted by molar-refractivity contribution is 7.89. The van der Waals surface area contributed by atoms with Gasteiger partial charge < -0.3 is 4.90 Å². The summed E-state index contributed by atoms with van der Waals surface area (Å²) in [5.41, 5.74) is -0.596. The number of hydrogen-bond acceptors (Lipinski definition) is 4. The summed E-state index contributed by atoms with van der Waals surface area (Å²) in [6.45, 7) is 2.11. The van der Waals surface area contributed by atoms with E-state index < -0.39 is 21.5 Å². The first kappa shape index (κ1) is 18.2. The van der Waals surface area contributed by atoms with Crippen LogP contribution in [0.2, 0.25) is 5.02 Å². The summed E-state index contributed by atoms with van der Waals surface area (Å²) in [4.78, 5) is 26.3. The number of halogens is 1. The monoisotopic (exact) mass is 384 g/mol. The van der Waals surface area contributed by atoms with Crippen LogP contribution in [0.25, 0.3) is 0 Å². The van der Waals surface area contributed by atoms with Crippen molar-refractivity contribution < 1.29 is 18.0 Å². The molecule has 2 aliphatic rings. The molecule has 1 unspecified atom stereocenters. The van der Waals surface area contributed by atoms with E-state index in [1.807, 2.05) is 0 Å². The van der Waals surface area contributed by atoms with E-state index in [-0.39, 0.29) is 11.7 Å². The minimum absolute atomic E-state index is 0.0707. The molecule has 3 rings (SSSR count). The van der Waals surface area contributed by atoms with E-state index >= 15 is 0 Å². The maximum atomic E-state index is 12.5. The van der Waals surface area contributed by atoms with Crippen molar-refractivity contribution in [2.45, 2.75) is 43.9 Å². The first-order chi connectivity index (χ1) is 11.7. The van der Waals surface area contributed by atoms with Gasteiger partial charge in [0.05, 0.1) is 5.75 Å². The van der Waals surface area contributed by atoms with E-state index in [4.69, 9.17) is 11.6 Å². The third-order valence-electron chi connectivity index (χ3n) is 4.86. The molecule has 25 heavy (non-hydrogen) atoms. The molecule has 2 amide bonds. The lowest BCUT2D eigenvalue weighted by Crippen LogP contribution is -2.67. The zero-order chi connectivity index (χ0) is 18.2. The fourth-order valence-electron chi connectivity index (χ4n) is 3.01. The number of amides is 2. The molecule has 1 saturated carbocycles. The van der Waals surface area contributed by atoms with Gasteiger partial charge in [-0.05, 0) is 49.8 Å². The molecule has 136 valence electrons. The molecule has 1 atom stereocenters. The number of nitrogens with zero attached hydrogens (tertiary/aromatic N) is 1. The van der Waals surface area contributed by atoms with Crippen molar-refractivity contribution in [2.75, 3.05) is 6.54 Å². The Hall–Kier alpha value is -1.60. The predicted octanol–water partition coefficient (Wildman–Crippen LogP) is 2.08. The third kappa shape index (κ3) is 4.15. The molecule has 1 aromatic rings. The molecule has 2 fully saturated rings. The van der Waals surface area contributed by atoms with Gasteiger partial charge in [0.25, 0.3) is 5.91 Å². The second-order valence-corrected chi connectivity index (χ2v) is 9.20. The molecule has 1 aliphatic heterocycles. The molecule has 0 radical (unpaired) electrons. The van der Waals surface area contributed by atoms with E-state index in [0.29, 0.717) is 35.9 Å². The second-order valence-electron chi connectivity index (χ2n) is 7.04. The Morgan fingerprint density at radius 3 is 2.64 bits per heavy atom. The van der Waals surface area contributed by atoms with Crippen LogP contribution in [0.1, 0.15) is 38.2 Å². The average molecular weight is 385 g/mol. The van der Waals surface area contributed by atoms with Crippen LogP contribution < -0.4 is 4.72 Å². The number of benzene rings is 1. The summed E-state index contributed by atoms with van der Waals surface area (Å²) in [6.07, 6.45) is 3.01. The van der Waals surface area contributed by atoms with Crippen LogP contribution in [0.3, 0.4) is 0 Å². The van der Waals surface area contributed by atoms with Gasteiger partial charge in [-0.1, -0.05) is 23.7 Å². The van der Waals surface area contributed by atoms with Crippen molar-refractivity contribution >= 4 is 33.4 Å². The van der Waals surface area contributed by atoms with E-state index in [1.54, 1.807) is 31.2 Å². The van der Waals surface area contributed by atoms with E-state index in [9.17, 15) is 18.0 Å². The van der Waals surface area contributed by atoms with Crippen LogP contribution in [0.15, 0.2) is 24.3 Å². The van der Waals surface area contributed by atoms with Gasteiger partial charge in [-0.25, -0.2) is 8.42 Å². The molecule has 1 aliphatic carbocycles. The summed E-state index contributed by atoms with van der Waals surface area (Å²) >= 11 is 5.86. The Bertz CT molecular complexity index is 807. The Morgan fingerprint density at radius 2 is 2.08 bits per heavy atom. The highest BCUT2D eigenvalue weighted by Gasteiger charge is 2.50. The van der Waals surface area contributed by atoms with Crippen molar-refractivity contribution in [3.8, 4) is 0 Å². The predicted molar refractivity (Wildman–Crippen MR) is 94.3 cm³/mol. The lowest BCUT2D eigenvalue weighted by atomic mass is 9.85. The number of sulfonamides is 1. The average Bonchev–Trinajstić information content (AvgIpc) is 3.27. The topological polar surface area (TPSA) is 83.6 Å². The van der Waals surface area contributed by atoms with E-state index in [0.717, 1.165) is 12.8 Å². The van der Waals surface area contributed by atoms with Gasteiger partial charge in [-0.3, -0.25) is 14.3 Å². The largest absolute Gasteiger partial charge is 0.328 e. The molecule has 1 aromatic carbocycles. The fourth-order valence-corrected chi connectivity index (χ4v) is 4.41. The zero-order valence-corrected chi connectivity index (χ0v) is 15.6. The van der Waals surface area contributed by atoms with Gasteiger partial charge >= 0.3 is 0 Å². The SMILES string of the molecule is CC1(C(=O)NS(=O)(=O)Cc2cccc(Cl)c2)CCN1C(=O)CC1CC1. The smallest absolute Gasteiger partial charge is 0.259 e. The maximum Gasteiger partial charge on any atom is 0.259 e. The molecule has 0 spiro atoms. The van der Waals surface area contributed by atoms with Crippen LogP contribution in [0.5, 0.6) is 0 Å². The van der Waals surface area contributed by atoms with Crippen LogP contribution in [-0.2, 0) is 25.4 Å². The number of hydrogen-bond donors (Lipinski definition) is 1. The van der Waals surface area contributed by atoms with Crippen molar-refractivity contribution in [1.29, 1.82) is 0 Å². The van der Waals surface area contributed by atoms with Crippen molar-refractivity contribution in [3.63, 3.8) is 0 Å². The molecule has 0 aromatic heterocycles. The number of rotatable bonds is 6. The Balaban J connectivity index is 1.64. The van der Waals surface area contributed by atoms with Gasteiger partial charge in [-0.15, -0.1) is 0 Å². The summed E-state index contributed by atoms with van der Waals surface area (Å²) in [7, 11) is -3.87. The summed E-state index contributed by atoms with van der Waals surface area (Å²) < 4.78 is 26.7. The number of nitrogens with one attached hydrogen (secondary N) is 1. The Kier molecular flexibility index (Phi) is 4.81. The van der Waals surface area contributed by atoms with Crippen molar-refractivity contribution in [1.82, 2.24) is 9.62 Å². The normalized spacial score (nSPS) is 23.0. The highest BCUT2D eigenvalue weighted by atomic mass is 35.5. The van der Waals surface area contributed by atoms with E-state index in [1.165, 1.54) is 4.90 Å². The first-order valence-corrected chi connectivity index (χ1v) is 10.3. The van der Waals surface area contributed by atoms with Gasteiger partial charge in [0.1, 0.15) is 5.54 Å². The Morgan fingerprint density at radius 1 is 1.36 bits per heavy atom. The summed E-state index contributed by atoms with van der Waals surface area (Å²) in [5, 5.41) is 0.432. The van der Waals surface area contributed by atoms with Crippen LogP contribution >= 0.6 is 11.6 Å². The van der Waals surface area contributed by atoms with Gasteiger partial charge in [0, 0.05) is 18.0 Å². The minimum atomic E-state index is -3.87. The standard InChI is InChI=1S/C17H21ClN2O4S/c1-17(7-8-20(17)15(21)10-12-5-6-12)16(22)19-25(23,24)11-13-3-2-4-14(18)9-13/h2-4,9,12H,5-8,10-11H2,1H3,(H,19,22). The third-order valence-corrected chi connectivity index (χ3v) is 6.31. The van der Waals surface area contributed by atoms with E-state index in [2.05, 4.69) is 4.72 Å². The van der Waals surface area contributed by atoms with Crippen LogP contribution in [-0.4, -0.2) is 37.2 Å². The lowest BCUT2D eigenvalue weighted by molar-refractivity contribution is -0.156. The lowest BCUT2D eigenvalue weighted by Gasteiger charge is -2.49. The second kappa shape index (κ2) is 6.61.